The number of rotatable bonds is 5. The third kappa shape index (κ3) is 5.44. The molecule has 0 saturated carbocycles. The van der Waals surface area contributed by atoms with Crippen molar-refractivity contribution in [3.63, 3.8) is 0 Å². The van der Waals surface area contributed by atoms with Gasteiger partial charge in [-0.3, -0.25) is 4.79 Å². The molecule has 0 atom stereocenters. The van der Waals surface area contributed by atoms with Gasteiger partial charge in [-0.25, -0.2) is 8.42 Å². The highest BCUT2D eigenvalue weighted by atomic mass is 32.2. The molecular formula is C18H26N2O4S. The van der Waals surface area contributed by atoms with Gasteiger partial charge < -0.3 is 15.0 Å². The summed E-state index contributed by atoms with van der Waals surface area (Å²) in [7, 11) is -2.81. The Balaban J connectivity index is 1.37. The third-order valence-electron chi connectivity index (χ3n) is 5.05. The normalized spacial score (nSPS) is 22.4. The van der Waals surface area contributed by atoms with Gasteiger partial charge in [-0.15, -0.1) is 0 Å². The molecule has 2 aliphatic heterocycles. The van der Waals surface area contributed by atoms with Gasteiger partial charge in [0.1, 0.15) is 15.6 Å². The van der Waals surface area contributed by atoms with Crippen LogP contribution in [-0.2, 0) is 14.6 Å². The standard InChI is InChI=1S/C18H26N2O4S/c21-18(14-24-17-4-2-1-3-5-17)19-15-6-10-20(11-7-15)16-8-12-25(22,23)13-9-16/h1-5,15-16H,6-14H2,(H,19,21). The molecule has 1 amide bonds. The van der Waals surface area contributed by atoms with Gasteiger partial charge in [-0.1, -0.05) is 18.2 Å². The Hall–Kier alpha value is -1.60. The first-order valence-corrected chi connectivity index (χ1v) is 10.8. The summed E-state index contributed by atoms with van der Waals surface area (Å²) >= 11 is 0. The minimum Gasteiger partial charge on any atom is -0.484 e. The molecule has 1 N–H and O–H groups in total. The number of carbonyl (C=O) groups is 1. The van der Waals surface area contributed by atoms with Crippen LogP contribution in [0.1, 0.15) is 25.7 Å². The minimum atomic E-state index is -2.81. The number of nitrogens with one attached hydrogen (secondary N) is 1. The molecule has 6 nitrogen and oxygen atoms in total. The maximum atomic E-state index is 12.0. The molecule has 0 spiro atoms. The number of amides is 1. The van der Waals surface area contributed by atoms with Gasteiger partial charge in [0.05, 0.1) is 11.5 Å². The van der Waals surface area contributed by atoms with E-state index in [1.54, 1.807) is 0 Å². The van der Waals surface area contributed by atoms with Crippen molar-refractivity contribution in [3.05, 3.63) is 30.3 Å². The lowest BCUT2D eigenvalue weighted by Crippen LogP contribution is -2.50. The molecule has 138 valence electrons. The van der Waals surface area contributed by atoms with Crippen molar-refractivity contribution < 1.29 is 17.9 Å². The maximum Gasteiger partial charge on any atom is 0.258 e. The molecule has 2 aliphatic rings. The Kier molecular flexibility index (Phi) is 5.96. The first-order chi connectivity index (χ1) is 12.0. The zero-order chi connectivity index (χ0) is 17.7. The Morgan fingerprint density at radius 2 is 1.72 bits per heavy atom. The van der Waals surface area contributed by atoms with Gasteiger partial charge in [0, 0.05) is 25.2 Å². The van der Waals surface area contributed by atoms with Crippen molar-refractivity contribution in [2.45, 2.75) is 37.8 Å². The second-order valence-electron chi connectivity index (χ2n) is 6.86. The maximum absolute atomic E-state index is 12.0. The van der Waals surface area contributed by atoms with Crippen LogP contribution in [-0.4, -0.2) is 62.5 Å². The van der Waals surface area contributed by atoms with E-state index >= 15 is 0 Å². The molecule has 0 aromatic heterocycles. The number of hydrogen-bond acceptors (Lipinski definition) is 5. The smallest absolute Gasteiger partial charge is 0.258 e. The Labute approximate surface area is 149 Å². The molecule has 0 aliphatic carbocycles. The van der Waals surface area contributed by atoms with E-state index in [-0.39, 0.29) is 18.6 Å². The zero-order valence-corrected chi connectivity index (χ0v) is 15.2. The number of likely N-dealkylation sites (tertiary alicyclic amines) is 1. The summed E-state index contributed by atoms with van der Waals surface area (Å²) in [5, 5.41) is 3.04. The fraction of sp³-hybridized carbons (Fsp3) is 0.611. The van der Waals surface area contributed by atoms with Gasteiger partial charge in [0.2, 0.25) is 0 Å². The van der Waals surface area contributed by atoms with E-state index in [4.69, 9.17) is 4.74 Å². The van der Waals surface area contributed by atoms with E-state index in [9.17, 15) is 13.2 Å². The average molecular weight is 366 g/mol. The predicted octanol–water partition coefficient (Wildman–Crippen LogP) is 1.22. The summed E-state index contributed by atoms with van der Waals surface area (Å²) in [5.74, 6) is 1.22. The second kappa shape index (κ2) is 8.19. The van der Waals surface area contributed by atoms with Crippen LogP contribution in [0.3, 0.4) is 0 Å². The number of benzene rings is 1. The van der Waals surface area contributed by atoms with Crippen molar-refractivity contribution >= 4 is 15.7 Å². The van der Waals surface area contributed by atoms with E-state index in [1.807, 2.05) is 30.3 Å². The summed E-state index contributed by atoms with van der Waals surface area (Å²) in [6.07, 6.45) is 3.29. The quantitative estimate of drug-likeness (QED) is 0.848. The zero-order valence-electron chi connectivity index (χ0n) is 14.4. The molecule has 2 heterocycles. The van der Waals surface area contributed by atoms with Crippen molar-refractivity contribution in [2.24, 2.45) is 0 Å². The summed E-state index contributed by atoms with van der Waals surface area (Å²) in [6, 6.07) is 9.87. The first kappa shape index (κ1) is 18.2. The molecule has 0 bridgehead atoms. The number of piperidine rings is 1. The van der Waals surface area contributed by atoms with Crippen LogP contribution in [0.5, 0.6) is 5.75 Å². The summed E-state index contributed by atoms with van der Waals surface area (Å²) < 4.78 is 28.5. The Morgan fingerprint density at radius 1 is 1.08 bits per heavy atom. The SMILES string of the molecule is O=C(COc1ccccc1)NC1CCN(C2CCS(=O)(=O)CC2)CC1. The highest BCUT2D eigenvalue weighted by Gasteiger charge is 2.30. The second-order valence-corrected chi connectivity index (χ2v) is 9.17. The third-order valence-corrected chi connectivity index (χ3v) is 6.76. The fourth-order valence-electron chi connectivity index (χ4n) is 3.59. The van der Waals surface area contributed by atoms with Gasteiger partial charge in [-0.2, -0.15) is 0 Å². The number of para-hydroxylation sites is 1. The van der Waals surface area contributed by atoms with Crippen molar-refractivity contribution in [1.82, 2.24) is 10.2 Å². The Morgan fingerprint density at radius 3 is 2.36 bits per heavy atom. The fourth-order valence-corrected chi connectivity index (χ4v) is 5.05. The van der Waals surface area contributed by atoms with Gasteiger partial charge in [-0.05, 0) is 37.8 Å². The van der Waals surface area contributed by atoms with Crippen LogP contribution in [0.4, 0.5) is 0 Å². The van der Waals surface area contributed by atoms with Crippen LogP contribution in [0.2, 0.25) is 0 Å². The van der Waals surface area contributed by atoms with Crippen LogP contribution in [0.15, 0.2) is 30.3 Å². The predicted molar refractivity (Wildman–Crippen MR) is 96.4 cm³/mol. The van der Waals surface area contributed by atoms with Crippen molar-refractivity contribution in [3.8, 4) is 5.75 Å². The largest absolute Gasteiger partial charge is 0.484 e. The monoisotopic (exact) mass is 366 g/mol. The number of nitrogens with zero attached hydrogens (tertiary/aromatic N) is 1. The van der Waals surface area contributed by atoms with Crippen LogP contribution < -0.4 is 10.1 Å². The number of hydrogen-bond donors (Lipinski definition) is 1. The van der Waals surface area contributed by atoms with E-state index in [2.05, 4.69) is 10.2 Å². The number of sulfone groups is 1. The molecule has 25 heavy (non-hydrogen) atoms. The number of ether oxygens (including phenoxy) is 1. The Bertz CT molecular complexity index is 656. The minimum absolute atomic E-state index is 0.0325. The summed E-state index contributed by atoms with van der Waals surface area (Å²) in [6.45, 7) is 1.86. The molecule has 1 aromatic carbocycles. The van der Waals surface area contributed by atoms with E-state index in [0.29, 0.717) is 23.3 Å². The average Bonchev–Trinajstić information content (AvgIpc) is 2.62. The molecule has 3 rings (SSSR count). The van der Waals surface area contributed by atoms with Crippen LogP contribution >= 0.6 is 0 Å². The summed E-state index contributed by atoms with van der Waals surface area (Å²) in [4.78, 5) is 14.4. The topological polar surface area (TPSA) is 75.7 Å². The molecule has 0 radical (unpaired) electrons. The van der Waals surface area contributed by atoms with Gasteiger partial charge in [0.15, 0.2) is 6.61 Å². The molecule has 1 aromatic rings. The molecule has 7 heteroatoms. The molecule has 2 fully saturated rings. The van der Waals surface area contributed by atoms with E-state index < -0.39 is 9.84 Å². The molecule has 0 unspecified atom stereocenters. The highest BCUT2D eigenvalue weighted by molar-refractivity contribution is 7.91. The van der Waals surface area contributed by atoms with E-state index in [0.717, 1.165) is 38.8 Å². The lowest BCUT2D eigenvalue weighted by atomic mass is 10.0. The van der Waals surface area contributed by atoms with Crippen molar-refractivity contribution in [2.75, 3.05) is 31.2 Å². The van der Waals surface area contributed by atoms with Crippen LogP contribution in [0, 0.1) is 0 Å². The lowest BCUT2D eigenvalue weighted by molar-refractivity contribution is -0.124. The van der Waals surface area contributed by atoms with Crippen molar-refractivity contribution in [1.29, 1.82) is 0 Å². The van der Waals surface area contributed by atoms with Crippen LogP contribution in [0.25, 0.3) is 0 Å². The van der Waals surface area contributed by atoms with Gasteiger partial charge >= 0.3 is 0 Å². The number of carbonyl (C=O) groups excluding carboxylic acids is 1. The molecule has 2 saturated heterocycles. The lowest BCUT2D eigenvalue weighted by Gasteiger charge is -2.39. The van der Waals surface area contributed by atoms with Gasteiger partial charge in [0.25, 0.3) is 5.91 Å². The van der Waals surface area contributed by atoms with E-state index in [1.165, 1.54) is 0 Å². The first-order valence-electron chi connectivity index (χ1n) is 8.93. The highest BCUT2D eigenvalue weighted by Crippen LogP contribution is 2.22. The summed E-state index contributed by atoms with van der Waals surface area (Å²) in [5.41, 5.74) is 0. The molecular weight excluding hydrogens is 340 g/mol.